The fourth-order valence-corrected chi connectivity index (χ4v) is 5.09. The van der Waals surface area contributed by atoms with Crippen molar-refractivity contribution in [3.63, 3.8) is 0 Å². The molecule has 0 aromatic carbocycles. The van der Waals surface area contributed by atoms with Crippen LogP contribution in [0.3, 0.4) is 0 Å². The van der Waals surface area contributed by atoms with E-state index >= 15 is 0 Å². The molecule has 0 radical (unpaired) electrons. The molecule has 4 heterocycles. The van der Waals surface area contributed by atoms with Crippen LogP contribution in [0.4, 0.5) is 0 Å². The summed E-state index contributed by atoms with van der Waals surface area (Å²) in [6.07, 6.45) is 1.26. The molecule has 1 fully saturated rings. The highest BCUT2D eigenvalue weighted by Crippen LogP contribution is 2.32. The molecule has 0 bridgehead atoms. The summed E-state index contributed by atoms with van der Waals surface area (Å²) in [5.74, 6) is 0.835. The number of hydrogen-bond acceptors (Lipinski definition) is 7. The number of aliphatic hydroxyl groups excluding tert-OH is 1. The number of likely N-dealkylation sites (tertiary alicyclic amines) is 1. The summed E-state index contributed by atoms with van der Waals surface area (Å²) >= 11 is 1.63. The van der Waals surface area contributed by atoms with Crippen molar-refractivity contribution >= 4 is 17.2 Å². The molecule has 4 rings (SSSR count). The SMILES string of the molecule is Cc1noc(C)c1CN1CCc2c(C(=O)N3CCC(O)(CO)C3)csc2C1. The van der Waals surface area contributed by atoms with Crippen molar-refractivity contribution in [2.24, 2.45) is 0 Å². The minimum absolute atomic E-state index is 0.0314. The number of hydrogen-bond donors (Lipinski definition) is 2. The second kappa shape index (κ2) is 7.01. The third kappa shape index (κ3) is 3.42. The van der Waals surface area contributed by atoms with Crippen molar-refractivity contribution in [2.75, 3.05) is 26.2 Å². The third-order valence-electron chi connectivity index (χ3n) is 5.73. The molecule has 2 aliphatic heterocycles. The first kappa shape index (κ1) is 18.6. The van der Waals surface area contributed by atoms with Gasteiger partial charge in [0.15, 0.2) is 0 Å². The fraction of sp³-hybridized carbons (Fsp3) is 0.579. The van der Waals surface area contributed by atoms with E-state index < -0.39 is 5.60 Å². The minimum Gasteiger partial charge on any atom is -0.393 e. The van der Waals surface area contributed by atoms with Gasteiger partial charge in [0.05, 0.1) is 24.4 Å². The Labute approximate surface area is 162 Å². The molecular weight excluding hydrogens is 366 g/mol. The first-order valence-corrected chi connectivity index (χ1v) is 10.1. The first-order valence-electron chi connectivity index (χ1n) is 9.26. The van der Waals surface area contributed by atoms with Crippen molar-refractivity contribution in [1.29, 1.82) is 0 Å². The largest absolute Gasteiger partial charge is 0.393 e. The summed E-state index contributed by atoms with van der Waals surface area (Å²) in [5, 5.41) is 25.5. The Morgan fingerprint density at radius 1 is 1.41 bits per heavy atom. The van der Waals surface area contributed by atoms with Gasteiger partial charge in [-0.15, -0.1) is 11.3 Å². The highest BCUT2D eigenvalue weighted by molar-refractivity contribution is 7.10. The Hall–Kier alpha value is -1.74. The summed E-state index contributed by atoms with van der Waals surface area (Å²) < 4.78 is 5.26. The van der Waals surface area contributed by atoms with Gasteiger partial charge >= 0.3 is 0 Å². The van der Waals surface area contributed by atoms with E-state index in [4.69, 9.17) is 4.52 Å². The number of carbonyl (C=O) groups excluding carboxylic acids is 1. The molecule has 2 aliphatic rings. The van der Waals surface area contributed by atoms with E-state index in [2.05, 4.69) is 10.1 Å². The van der Waals surface area contributed by atoms with Crippen LogP contribution in [0.25, 0.3) is 0 Å². The summed E-state index contributed by atoms with van der Waals surface area (Å²) in [4.78, 5) is 18.2. The van der Waals surface area contributed by atoms with Crippen LogP contribution < -0.4 is 0 Å². The molecule has 27 heavy (non-hydrogen) atoms. The number of aryl methyl sites for hydroxylation is 2. The van der Waals surface area contributed by atoms with Gasteiger partial charge in [0.1, 0.15) is 11.4 Å². The maximum atomic E-state index is 12.9. The first-order chi connectivity index (χ1) is 12.9. The van der Waals surface area contributed by atoms with Gasteiger partial charge in [0.25, 0.3) is 5.91 Å². The number of thiophene rings is 1. The molecule has 0 aliphatic carbocycles. The van der Waals surface area contributed by atoms with Crippen LogP contribution in [0.1, 0.15) is 44.2 Å². The van der Waals surface area contributed by atoms with Gasteiger partial charge in [-0.3, -0.25) is 9.69 Å². The number of fused-ring (bicyclic) bond motifs is 1. The Bertz CT molecular complexity index is 842. The normalized spacial score (nSPS) is 23.0. The molecule has 0 saturated carbocycles. The van der Waals surface area contributed by atoms with E-state index in [1.807, 2.05) is 19.2 Å². The van der Waals surface area contributed by atoms with Gasteiger partial charge in [0, 0.05) is 42.0 Å². The van der Waals surface area contributed by atoms with Crippen molar-refractivity contribution in [3.05, 3.63) is 38.4 Å². The van der Waals surface area contributed by atoms with Crippen molar-refractivity contribution in [2.45, 2.75) is 45.4 Å². The Morgan fingerprint density at radius 3 is 2.89 bits per heavy atom. The highest BCUT2D eigenvalue weighted by Gasteiger charge is 2.39. The van der Waals surface area contributed by atoms with E-state index in [1.165, 1.54) is 4.88 Å². The van der Waals surface area contributed by atoms with Crippen molar-refractivity contribution in [3.8, 4) is 0 Å². The van der Waals surface area contributed by atoms with Crippen molar-refractivity contribution in [1.82, 2.24) is 15.0 Å². The lowest BCUT2D eigenvalue weighted by atomic mass is 10.0. The number of carbonyl (C=O) groups is 1. The number of nitrogens with zero attached hydrogens (tertiary/aromatic N) is 3. The molecule has 2 aromatic rings. The Morgan fingerprint density at radius 2 is 2.22 bits per heavy atom. The number of aliphatic hydroxyl groups is 2. The second-order valence-corrected chi connectivity index (χ2v) is 8.64. The van der Waals surface area contributed by atoms with Gasteiger partial charge in [-0.1, -0.05) is 5.16 Å². The molecular formula is C19H25N3O4S. The smallest absolute Gasteiger partial charge is 0.255 e. The number of rotatable bonds is 4. The Balaban J connectivity index is 1.47. The summed E-state index contributed by atoms with van der Waals surface area (Å²) in [5.41, 5.74) is 2.82. The maximum Gasteiger partial charge on any atom is 0.255 e. The number of amides is 1. The lowest BCUT2D eigenvalue weighted by Crippen LogP contribution is -2.39. The van der Waals surface area contributed by atoms with Gasteiger partial charge < -0.3 is 19.6 Å². The third-order valence-corrected chi connectivity index (χ3v) is 6.75. The highest BCUT2D eigenvalue weighted by atomic mass is 32.1. The molecule has 8 heteroatoms. The van der Waals surface area contributed by atoms with E-state index in [0.29, 0.717) is 13.0 Å². The van der Waals surface area contributed by atoms with E-state index in [0.717, 1.165) is 54.2 Å². The predicted octanol–water partition coefficient (Wildman–Crippen LogP) is 1.48. The van der Waals surface area contributed by atoms with Gasteiger partial charge in [0.2, 0.25) is 0 Å². The summed E-state index contributed by atoms with van der Waals surface area (Å²) in [6.45, 7) is 6.78. The van der Waals surface area contributed by atoms with Crippen molar-refractivity contribution < 1.29 is 19.5 Å². The molecule has 2 N–H and O–H groups in total. The molecule has 0 spiro atoms. The zero-order valence-corrected chi connectivity index (χ0v) is 16.5. The summed E-state index contributed by atoms with van der Waals surface area (Å²) in [7, 11) is 0. The lowest BCUT2D eigenvalue weighted by molar-refractivity contribution is -0.00456. The average molecular weight is 391 g/mol. The molecule has 2 aromatic heterocycles. The van der Waals surface area contributed by atoms with Crippen LogP contribution in [-0.2, 0) is 19.5 Å². The topological polar surface area (TPSA) is 90.0 Å². The second-order valence-electron chi connectivity index (χ2n) is 7.67. The average Bonchev–Trinajstić information content (AvgIpc) is 3.35. The van der Waals surface area contributed by atoms with E-state index in [-0.39, 0.29) is 19.1 Å². The van der Waals surface area contributed by atoms with Gasteiger partial charge in [-0.25, -0.2) is 0 Å². The fourth-order valence-electron chi connectivity index (χ4n) is 3.98. The van der Waals surface area contributed by atoms with Crippen LogP contribution >= 0.6 is 11.3 Å². The zero-order chi connectivity index (χ0) is 19.2. The molecule has 1 amide bonds. The molecule has 1 unspecified atom stereocenters. The van der Waals surface area contributed by atoms with E-state index in [1.54, 1.807) is 16.2 Å². The molecule has 1 atom stereocenters. The van der Waals surface area contributed by atoms with Crippen LogP contribution in [-0.4, -0.2) is 62.9 Å². The van der Waals surface area contributed by atoms with Crippen LogP contribution in [0, 0.1) is 13.8 Å². The van der Waals surface area contributed by atoms with Crippen LogP contribution in [0.5, 0.6) is 0 Å². The standard InChI is InChI=1S/C19H25N3O4S/c1-12-15(13(2)26-20-12)7-21-5-3-14-16(9-27-17(14)8-21)18(24)22-6-4-19(25,10-22)11-23/h9,23,25H,3-8,10-11H2,1-2H3. The Kier molecular flexibility index (Phi) is 4.84. The zero-order valence-electron chi connectivity index (χ0n) is 15.7. The number of β-amino-alcohol motifs (C(OH)–C–C–N with tert-alkyl or cyclic N) is 1. The van der Waals surface area contributed by atoms with Gasteiger partial charge in [-0.2, -0.15) is 0 Å². The maximum absolute atomic E-state index is 12.9. The molecule has 1 saturated heterocycles. The van der Waals surface area contributed by atoms with Crippen LogP contribution in [0.15, 0.2) is 9.90 Å². The molecule has 146 valence electrons. The summed E-state index contributed by atoms with van der Waals surface area (Å²) in [6, 6.07) is 0. The predicted molar refractivity (Wildman–Crippen MR) is 101 cm³/mol. The monoisotopic (exact) mass is 391 g/mol. The van der Waals surface area contributed by atoms with Gasteiger partial charge in [-0.05, 0) is 32.3 Å². The van der Waals surface area contributed by atoms with Crippen LogP contribution in [0.2, 0.25) is 0 Å². The number of aromatic nitrogens is 1. The van der Waals surface area contributed by atoms with E-state index in [9.17, 15) is 15.0 Å². The quantitative estimate of drug-likeness (QED) is 0.821. The molecule has 7 nitrogen and oxygen atoms in total. The lowest BCUT2D eigenvalue weighted by Gasteiger charge is -2.27. The minimum atomic E-state index is -1.16.